The molecule has 1 saturated heterocycles. The zero-order chi connectivity index (χ0) is 30.2. The first-order chi connectivity index (χ1) is 20.8. The number of carbonyl (C=O) groups excluding carboxylic acids is 2. The second-order valence-corrected chi connectivity index (χ2v) is 11.4. The van der Waals surface area contributed by atoms with E-state index < -0.39 is 0 Å². The quantitative estimate of drug-likeness (QED) is 0.275. The molecule has 11 heteroatoms. The number of pyridine rings is 1. The Bertz CT molecular complexity index is 1530. The highest BCUT2D eigenvalue weighted by Gasteiger charge is 2.29. The molecule has 1 fully saturated rings. The van der Waals surface area contributed by atoms with Crippen molar-refractivity contribution < 1.29 is 23.5 Å². The summed E-state index contributed by atoms with van der Waals surface area (Å²) in [6.07, 6.45) is 4.86. The van der Waals surface area contributed by atoms with Gasteiger partial charge in [-0.15, -0.1) is 0 Å². The van der Waals surface area contributed by atoms with Crippen LogP contribution in [0.5, 0.6) is 11.6 Å². The highest BCUT2D eigenvalue weighted by Crippen LogP contribution is 2.32. The fraction of sp³-hybridized carbons (Fsp3) is 0.375. The minimum atomic E-state index is -0.354. The molecule has 0 saturated carbocycles. The molecule has 3 heterocycles. The number of anilines is 1. The highest BCUT2D eigenvalue weighted by atomic mass is 16.5. The molecule has 11 nitrogen and oxygen atoms in total. The van der Waals surface area contributed by atoms with Crippen molar-refractivity contribution in [3.63, 3.8) is 0 Å². The lowest BCUT2D eigenvalue weighted by Crippen LogP contribution is -2.52. The van der Waals surface area contributed by atoms with Crippen molar-refractivity contribution >= 4 is 28.4 Å². The number of fused-ring (bicyclic) bond motifs is 1. The molecule has 0 aliphatic carbocycles. The second-order valence-electron chi connectivity index (χ2n) is 11.4. The fourth-order valence-corrected chi connectivity index (χ4v) is 4.85. The number of urea groups is 1. The van der Waals surface area contributed by atoms with Gasteiger partial charge in [0.1, 0.15) is 12.4 Å². The first-order valence-electron chi connectivity index (χ1n) is 14.4. The molecule has 226 valence electrons. The third kappa shape index (κ3) is 8.01. The molecule has 0 bridgehead atoms. The lowest BCUT2D eigenvalue weighted by molar-refractivity contribution is -0.141. The molecule has 0 radical (unpaired) electrons. The standard InChI is InChI=1S/C32H38N6O5/c1-32(2,3)30(39)38-16-14-37(15-17-38)18-19-41-28-22-43-29(36-28)21-42-27-9-8-26(24-6-4-5-7-25(24)27)35-31(40)34-20-23-10-12-33-13-11-23/h4-13,22H,14-21H2,1-3H3,(H2,34,35,40). The number of nitrogens with zero attached hydrogens (tertiary/aromatic N) is 4. The minimum Gasteiger partial charge on any atom is -0.483 e. The number of oxazole rings is 1. The first kappa shape index (κ1) is 29.8. The molecule has 0 atom stereocenters. The van der Waals surface area contributed by atoms with Gasteiger partial charge in [0.2, 0.25) is 11.8 Å². The van der Waals surface area contributed by atoms with E-state index in [-0.39, 0.29) is 24.0 Å². The summed E-state index contributed by atoms with van der Waals surface area (Å²) in [5.41, 5.74) is 1.28. The second kappa shape index (κ2) is 13.6. The predicted octanol–water partition coefficient (Wildman–Crippen LogP) is 4.69. The van der Waals surface area contributed by atoms with Crippen LogP contribution in [0.4, 0.5) is 10.5 Å². The summed E-state index contributed by atoms with van der Waals surface area (Å²) in [4.78, 5) is 37.6. The van der Waals surface area contributed by atoms with Gasteiger partial charge in [-0.05, 0) is 29.8 Å². The highest BCUT2D eigenvalue weighted by molar-refractivity contribution is 6.03. The lowest BCUT2D eigenvalue weighted by Gasteiger charge is -2.37. The summed E-state index contributed by atoms with van der Waals surface area (Å²) in [6, 6.07) is 14.7. The molecule has 1 aliphatic rings. The number of benzene rings is 2. The van der Waals surface area contributed by atoms with Gasteiger partial charge in [-0.1, -0.05) is 45.0 Å². The number of aromatic nitrogens is 2. The molecular formula is C32H38N6O5. The summed E-state index contributed by atoms with van der Waals surface area (Å²) in [7, 11) is 0. The van der Waals surface area contributed by atoms with Gasteiger partial charge in [-0.2, -0.15) is 4.98 Å². The molecule has 0 unspecified atom stereocenters. The third-order valence-electron chi connectivity index (χ3n) is 7.18. The van der Waals surface area contributed by atoms with Crippen LogP contribution in [0.2, 0.25) is 0 Å². The maximum atomic E-state index is 12.5. The van der Waals surface area contributed by atoms with Gasteiger partial charge in [-0.3, -0.25) is 14.7 Å². The van der Waals surface area contributed by atoms with Crippen LogP contribution >= 0.6 is 0 Å². The van der Waals surface area contributed by atoms with E-state index >= 15 is 0 Å². The van der Waals surface area contributed by atoms with Crippen molar-refractivity contribution in [1.29, 1.82) is 0 Å². The van der Waals surface area contributed by atoms with E-state index in [9.17, 15) is 9.59 Å². The number of nitrogens with one attached hydrogen (secondary N) is 2. The van der Waals surface area contributed by atoms with Crippen molar-refractivity contribution in [3.05, 3.63) is 78.6 Å². The summed E-state index contributed by atoms with van der Waals surface area (Å²) in [5, 5.41) is 7.48. The largest absolute Gasteiger partial charge is 0.483 e. The molecule has 43 heavy (non-hydrogen) atoms. The molecule has 2 aromatic carbocycles. The molecule has 2 N–H and O–H groups in total. The Morgan fingerprint density at radius 1 is 0.953 bits per heavy atom. The normalized spacial score (nSPS) is 14.0. The van der Waals surface area contributed by atoms with E-state index in [0.717, 1.165) is 49.1 Å². The van der Waals surface area contributed by atoms with Gasteiger partial charge in [0.25, 0.3) is 5.88 Å². The predicted molar refractivity (Wildman–Crippen MR) is 163 cm³/mol. The zero-order valence-electron chi connectivity index (χ0n) is 24.8. The Morgan fingerprint density at radius 2 is 1.70 bits per heavy atom. The van der Waals surface area contributed by atoms with E-state index in [0.29, 0.717) is 36.4 Å². The summed E-state index contributed by atoms with van der Waals surface area (Å²) >= 11 is 0. The molecule has 3 amide bonds. The molecule has 5 rings (SSSR count). The van der Waals surface area contributed by atoms with E-state index in [1.165, 1.54) is 6.26 Å². The third-order valence-corrected chi connectivity index (χ3v) is 7.18. The smallest absolute Gasteiger partial charge is 0.319 e. The number of amides is 3. The minimum absolute atomic E-state index is 0.121. The van der Waals surface area contributed by atoms with Crippen LogP contribution in [0.3, 0.4) is 0 Å². The number of piperazine rings is 1. The molecule has 4 aromatic rings. The number of hydrogen-bond donors (Lipinski definition) is 2. The van der Waals surface area contributed by atoms with Crippen LogP contribution in [0.1, 0.15) is 32.2 Å². The van der Waals surface area contributed by atoms with Crippen LogP contribution in [0.25, 0.3) is 10.8 Å². The van der Waals surface area contributed by atoms with E-state index in [1.54, 1.807) is 12.4 Å². The summed E-state index contributed by atoms with van der Waals surface area (Å²) in [5.74, 6) is 1.64. The molecule has 0 spiro atoms. The van der Waals surface area contributed by atoms with Crippen molar-refractivity contribution in [2.75, 3.05) is 44.6 Å². The Morgan fingerprint density at radius 3 is 2.44 bits per heavy atom. The Balaban J connectivity index is 1.09. The van der Waals surface area contributed by atoms with Crippen LogP contribution < -0.4 is 20.1 Å². The van der Waals surface area contributed by atoms with Crippen molar-refractivity contribution in [1.82, 2.24) is 25.1 Å². The Kier molecular flexibility index (Phi) is 9.41. The molecule has 2 aromatic heterocycles. The number of hydrogen-bond acceptors (Lipinski definition) is 8. The van der Waals surface area contributed by atoms with Gasteiger partial charge in [-0.25, -0.2) is 4.79 Å². The maximum Gasteiger partial charge on any atom is 0.319 e. The lowest BCUT2D eigenvalue weighted by atomic mass is 9.94. The van der Waals surface area contributed by atoms with Crippen LogP contribution in [-0.4, -0.2) is 71.0 Å². The van der Waals surface area contributed by atoms with E-state index in [2.05, 4.69) is 25.5 Å². The fourth-order valence-electron chi connectivity index (χ4n) is 4.85. The number of ether oxygens (including phenoxy) is 2. The Labute approximate surface area is 251 Å². The first-order valence-corrected chi connectivity index (χ1v) is 14.4. The van der Waals surface area contributed by atoms with Crippen molar-refractivity contribution in [3.8, 4) is 11.6 Å². The van der Waals surface area contributed by atoms with Gasteiger partial charge in [0.15, 0.2) is 12.9 Å². The monoisotopic (exact) mass is 586 g/mol. The van der Waals surface area contributed by atoms with Crippen LogP contribution in [0, 0.1) is 5.41 Å². The average Bonchev–Trinajstić information content (AvgIpc) is 3.47. The average molecular weight is 587 g/mol. The topological polar surface area (TPSA) is 122 Å². The van der Waals surface area contributed by atoms with E-state index in [4.69, 9.17) is 13.9 Å². The summed E-state index contributed by atoms with van der Waals surface area (Å²) < 4.78 is 17.4. The molecular weight excluding hydrogens is 548 g/mol. The number of carbonyl (C=O) groups is 2. The molecule has 1 aliphatic heterocycles. The zero-order valence-corrected chi connectivity index (χ0v) is 24.8. The maximum absolute atomic E-state index is 12.5. The van der Waals surface area contributed by atoms with Crippen molar-refractivity contribution in [2.24, 2.45) is 5.41 Å². The SMILES string of the molecule is CC(C)(C)C(=O)N1CCN(CCOc2coc(COc3ccc(NC(=O)NCc4ccncc4)c4ccccc34)n2)CC1. The summed E-state index contributed by atoms with van der Waals surface area (Å²) in [6.45, 7) is 10.7. The van der Waals surface area contributed by atoms with Gasteiger partial charge in [0.05, 0.1) is 5.69 Å². The van der Waals surface area contributed by atoms with Crippen LogP contribution in [-0.2, 0) is 17.9 Å². The van der Waals surface area contributed by atoms with Gasteiger partial charge < -0.3 is 29.4 Å². The van der Waals surface area contributed by atoms with Gasteiger partial charge in [0, 0.05) is 67.8 Å². The van der Waals surface area contributed by atoms with Gasteiger partial charge >= 0.3 is 6.03 Å². The number of rotatable bonds is 10. The van der Waals surface area contributed by atoms with Crippen LogP contribution in [0.15, 0.2) is 71.6 Å². The Hall–Kier alpha value is -4.64. The van der Waals surface area contributed by atoms with Crippen molar-refractivity contribution in [2.45, 2.75) is 33.9 Å². The van der Waals surface area contributed by atoms with E-state index in [1.807, 2.05) is 74.2 Å².